The Labute approximate surface area is 174 Å². The summed E-state index contributed by atoms with van der Waals surface area (Å²) in [5, 5.41) is 4.18. The number of benzene rings is 2. The van der Waals surface area contributed by atoms with Gasteiger partial charge in [0.15, 0.2) is 0 Å². The third kappa shape index (κ3) is 2.12. The second kappa shape index (κ2) is 5.88. The fraction of sp³-hybridized carbons (Fsp3) is 0.480. The van der Waals surface area contributed by atoms with Crippen LogP contribution in [0.3, 0.4) is 0 Å². The Morgan fingerprint density at radius 2 is 1.26 bits per heavy atom. The first-order chi connectivity index (χ1) is 12.9. The Morgan fingerprint density at radius 3 is 1.96 bits per heavy atom. The van der Waals surface area contributed by atoms with Crippen molar-refractivity contribution in [2.24, 2.45) is 0 Å². The molecule has 1 heterocycles. The summed E-state index contributed by atoms with van der Waals surface area (Å²) in [4.78, 5) is 5.02. The van der Waals surface area contributed by atoms with Gasteiger partial charge < -0.3 is 4.98 Å². The summed E-state index contributed by atoms with van der Waals surface area (Å²) in [6, 6.07) is 10.9. The average Bonchev–Trinajstić information content (AvgIpc) is 2.74. The molecule has 0 aliphatic heterocycles. The zero-order chi connectivity index (χ0) is 16.8. The van der Waals surface area contributed by atoms with Gasteiger partial charge in [0.1, 0.15) is 0 Å². The maximum absolute atomic E-state index is 5.02. The number of aromatic nitrogens is 1. The normalized spacial score (nSPS) is 30.2. The molecule has 2 saturated carbocycles. The molecule has 1 nitrogen and oxygen atoms in total. The van der Waals surface area contributed by atoms with Crippen LogP contribution in [0.15, 0.2) is 24.4 Å². The van der Waals surface area contributed by atoms with Gasteiger partial charge in [-0.1, -0.05) is 30.9 Å². The zero-order valence-corrected chi connectivity index (χ0v) is 18.0. The first-order valence-corrected chi connectivity index (χ1v) is 10.7. The smallest absolute Gasteiger partial charge is 0.0199 e. The molecule has 2 heteroatoms. The van der Waals surface area contributed by atoms with E-state index in [1.807, 2.05) is 0 Å². The molecule has 0 unspecified atom stereocenters. The van der Waals surface area contributed by atoms with Crippen LogP contribution in [0.5, 0.6) is 0 Å². The molecule has 0 saturated heterocycles. The van der Waals surface area contributed by atoms with Crippen LogP contribution < -0.4 is 0 Å². The Morgan fingerprint density at radius 1 is 0.704 bits per heavy atom. The minimum Gasteiger partial charge on any atom is -0.304 e. The first kappa shape index (κ1) is 16.7. The van der Waals surface area contributed by atoms with E-state index in [0.717, 1.165) is 23.7 Å². The van der Waals surface area contributed by atoms with Crippen LogP contribution in [0.2, 0.25) is 0 Å². The summed E-state index contributed by atoms with van der Waals surface area (Å²) in [5.41, 5.74) is 7.70. The van der Waals surface area contributed by atoms with E-state index < -0.39 is 0 Å². The fourth-order valence-electron chi connectivity index (χ4n) is 7.02. The van der Waals surface area contributed by atoms with Crippen LogP contribution in [0.4, 0.5) is 0 Å². The van der Waals surface area contributed by atoms with Crippen molar-refractivity contribution in [3.8, 4) is 0 Å². The second-order valence-corrected chi connectivity index (χ2v) is 9.27. The van der Waals surface area contributed by atoms with E-state index in [0.29, 0.717) is 0 Å². The van der Waals surface area contributed by atoms with Gasteiger partial charge in [-0.3, -0.25) is 0 Å². The molecule has 6 aliphatic rings. The second-order valence-electron chi connectivity index (χ2n) is 9.27. The molecule has 6 aliphatic carbocycles. The topological polar surface area (TPSA) is 12.9 Å². The average molecular weight is 531 g/mol. The Bertz CT molecular complexity index is 982. The van der Waals surface area contributed by atoms with Gasteiger partial charge in [-0.05, 0) is 78.3 Å². The molecule has 0 atom stereocenters. The maximum atomic E-state index is 5.02. The van der Waals surface area contributed by atoms with E-state index in [2.05, 4.69) is 30.5 Å². The summed E-state index contributed by atoms with van der Waals surface area (Å²) < 4.78 is 0. The molecule has 27 heavy (non-hydrogen) atoms. The standard InChI is InChI=1S/C25H24N.Ir/c1-5-16-6-2-14(1)18-9-11-20-19(23(16)18)10-12-21-24-17-7-3-15(4-8-17)22(24)13-26-25(20)21;/h9-10,12-17H,1-8H2;/q-1;. The van der Waals surface area contributed by atoms with Crippen molar-refractivity contribution in [3.05, 3.63) is 52.7 Å². The molecular weight excluding hydrogens is 506 g/mol. The van der Waals surface area contributed by atoms with Gasteiger partial charge in [0.2, 0.25) is 0 Å². The van der Waals surface area contributed by atoms with Gasteiger partial charge in [-0.15, -0.1) is 34.0 Å². The predicted octanol–water partition coefficient (Wildman–Crippen LogP) is 6.70. The van der Waals surface area contributed by atoms with Crippen molar-refractivity contribution in [2.75, 3.05) is 0 Å². The molecule has 0 spiro atoms. The third-order valence-corrected chi connectivity index (χ3v) is 8.24. The molecule has 3 aromatic rings. The maximum Gasteiger partial charge on any atom is 0.0199 e. The van der Waals surface area contributed by atoms with Crippen LogP contribution in [-0.4, -0.2) is 4.98 Å². The van der Waals surface area contributed by atoms with Gasteiger partial charge >= 0.3 is 0 Å². The third-order valence-electron chi connectivity index (χ3n) is 8.24. The van der Waals surface area contributed by atoms with Gasteiger partial charge in [-0.25, -0.2) is 0 Å². The first-order valence-electron chi connectivity index (χ1n) is 10.7. The molecular formula is C25H24IrN-. The van der Waals surface area contributed by atoms with Crippen LogP contribution in [0, 0.1) is 6.07 Å². The summed E-state index contributed by atoms with van der Waals surface area (Å²) in [7, 11) is 0. The molecule has 0 amide bonds. The zero-order valence-electron chi connectivity index (χ0n) is 15.6. The Balaban J connectivity index is 0.00000146. The van der Waals surface area contributed by atoms with Crippen molar-refractivity contribution in [3.63, 3.8) is 0 Å². The van der Waals surface area contributed by atoms with E-state index in [1.165, 1.54) is 73.0 Å². The van der Waals surface area contributed by atoms with Crippen molar-refractivity contribution in [1.29, 1.82) is 0 Å². The Kier molecular flexibility index (Phi) is 3.63. The van der Waals surface area contributed by atoms with Gasteiger partial charge in [0.25, 0.3) is 0 Å². The summed E-state index contributed by atoms with van der Waals surface area (Å²) >= 11 is 0. The van der Waals surface area contributed by atoms with E-state index in [-0.39, 0.29) is 20.1 Å². The fourth-order valence-corrected chi connectivity index (χ4v) is 7.02. The minimum atomic E-state index is 0. The van der Waals surface area contributed by atoms with Crippen molar-refractivity contribution >= 4 is 21.7 Å². The number of pyridine rings is 1. The van der Waals surface area contributed by atoms with Gasteiger partial charge in [-0.2, -0.15) is 0 Å². The predicted molar refractivity (Wildman–Crippen MR) is 106 cm³/mol. The van der Waals surface area contributed by atoms with Crippen LogP contribution in [0.1, 0.15) is 97.3 Å². The molecule has 1 radical (unpaired) electrons. The number of nitrogens with zero attached hydrogens (tertiary/aromatic N) is 1. The number of hydrogen-bond donors (Lipinski definition) is 0. The minimum absolute atomic E-state index is 0. The van der Waals surface area contributed by atoms with Crippen molar-refractivity contribution in [1.82, 2.24) is 4.98 Å². The largest absolute Gasteiger partial charge is 0.304 e. The van der Waals surface area contributed by atoms with E-state index in [4.69, 9.17) is 4.98 Å². The number of hydrogen-bond acceptors (Lipinski definition) is 1. The number of fused-ring (bicyclic) bond motifs is 7. The molecule has 2 aromatic carbocycles. The van der Waals surface area contributed by atoms with Crippen LogP contribution in [-0.2, 0) is 20.1 Å². The van der Waals surface area contributed by atoms with Gasteiger partial charge in [0.05, 0.1) is 0 Å². The van der Waals surface area contributed by atoms with Crippen molar-refractivity contribution < 1.29 is 20.1 Å². The van der Waals surface area contributed by atoms with Gasteiger partial charge in [0, 0.05) is 26.3 Å². The summed E-state index contributed by atoms with van der Waals surface area (Å²) in [6.07, 6.45) is 13.3. The monoisotopic (exact) mass is 531 g/mol. The molecule has 9 rings (SSSR count). The quantitative estimate of drug-likeness (QED) is 0.233. The summed E-state index contributed by atoms with van der Waals surface area (Å²) in [6.45, 7) is 0. The van der Waals surface area contributed by atoms with Crippen LogP contribution >= 0.6 is 0 Å². The number of rotatable bonds is 0. The van der Waals surface area contributed by atoms with Crippen molar-refractivity contribution in [2.45, 2.75) is 75.0 Å². The Hall–Kier alpha value is -1.24. The van der Waals surface area contributed by atoms with E-state index in [1.54, 1.807) is 22.3 Å². The molecule has 139 valence electrons. The molecule has 4 bridgehead atoms. The van der Waals surface area contributed by atoms with Crippen LogP contribution in [0.25, 0.3) is 21.7 Å². The molecule has 2 fully saturated rings. The van der Waals surface area contributed by atoms with E-state index >= 15 is 0 Å². The molecule has 1 aromatic heterocycles. The van der Waals surface area contributed by atoms with E-state index in [9.17, 15) is 0 Å². The SMILES string of the molecule is [Ir].[c-]1cc2c(c3ccc4c5c(cnc4c13)C1CCC5CC1)C1CCC2CC1. The summed E-state index contributed by atoms with van der Waals surface area (Å²) in [5.74, 6) is 3.11. The molecule has 0 N–H and O–H groups in total.